The van der Waals surface area contributed by atoms with Gasteiger partial charge in [0.05, 0.1) is 21.3 Å². The summed E-state index contributed by atoms with van der Waals surface area (Å²) in [5.74, 6) is -1.58. The molecule has 3 atom stereocenters. The number of hydrogen-bond acceptors (Lipinski definition) is 7. The van der Waals surface area contributed by atoms with Crippen LogP contribution in [0.2, 0.25) is 10.0 Å². The molecule has 2 unspecified atom stereocenters. The van der Waals surface area contributed by atoms with Gasteiger partial charge < -0.3 is 19.3 Å². The van der Waals surface area contributed by atoms with Gasteiger partial charge in [0.25, 0.3) is 5.91 Å². The maximum absolute atomic E-state index is 13.2. The van der Waals surface area contributed by atoms with Crippen LogP contribution in [0.1, 0.15) is 27.7 Å². The Morgan fingerprint density at radius 3 is 2.56 bits per heavy atom. The average molecular weight is 610 g/mol. The van der Waals surface area contributed by atoms with E-state index in [0.29, 0.717) is 26.1 Å². The number of fused-ring (bicyclic) bond motifs is 1. The number of ether oxygens (including phenoxy) is 2. The molecule has 1 fully saturated rings. The number of benzene rings is 1. The first kappa shape index (κ1) is 27.3. The molecule has 34 heavy (non-hydrogen) atoms. The summed E-state index contributed by atoms with van der Waals surface area (Å²) in [5, 5.41) is -0.262. The van der Waals surface area contributed by atoms with E-state index in [2.05, 4.69) is 15.9 Å². The van der Waals surface area contributed by atoms with Gasteiger partial charge in [0.2, 0.25) is 0 Å². The van der Waals surface area contributed by atoms with Gasteiger partial charge in [-0.3, -0.25) is 9.59 Å². The molecule has 0 N–H and O–H groups in total. The molecule has 2 aliphatic heterocycles. The maximum atomic E-state index is 13.2. The van der Waals surface area contributed by atoms with Gasteiger partial charge in [0.15, 0.2) is 0 Å². The molecule has 1 amide bonds. The third-order valence-corrected chi connectivity index (χ3v) is 7.40. The molecular formula is C22H23BrCl2N2O5S2. The highest BCUT2D eigenvalue weighted by molar-refractivity contribution is 9.09. The lowest BCUT2D eigenvalue weighted by atomic mass is 10.0. The van der Waals surface area contributed by atoms with Gasteiger partial charge in [-0.25, -0.2) is 4.79 Å². The minimum absolute atomic E-state index is 0.0506. The van der Waals surface area contributed by atoms with Gasteiger partial charge in [-0.05, 0) is 45.9 Å². The Balaban J connectivity index is 1.99. The second-order valence-corrected chi connectivity index (χ2v) is 12.0. The van der Waals surface area contributed by atoms with Crippen molar-refractivity contribution in [3.63, 3.8) is 0 Å². The number of nitrogens with zero attached hydrogens (tertiary/aromatic N) is 2. The van der Waals surface area contributed by atoms with Gasteiger partial charge in [-0.2, -0.15) is 0 Å². The Morgan fingerprint density at radius 1 is 1.29 bits per heavy atom. The van der Waals surface area contributed by atoms with Crippen molar-refractivity contribution in [2.24, 2.45) is 0 Å². The largest absolute Gasteiger partial charge is 0.461 e. The van der Waals surface area contributed by atoms with Crippen LogP contribution >= 0.6 is 63.1 Å². The molecule has 2 aliphatic rings. The third-order valence-electron chi connectivity index (χ3n) is 4.84. The first-order valence-electron chi connectivity index (χ1n) is 10.3. The Bertz CT molecular complexity index is 1060. The summed E-state index contributed by atoms with van der Waals surface area (Å²) in [6.07, 6.45) is 1.38. The van der Waals surface area contributed by atoms with Crippen molar-refractivity contribution in [3.05, 3.63) is 40.0 Å². The van der Waals surface area contributed by atoms with Gasteiger partial charge >= 0.3 is 11.9 Å². The van der Waals surface area contributed by atoms with Crippen LogP contribution in [0, 0.1) is 0 Å². The summed E-state index contributed by atoms with van der Waals surface area (Å²) in [5.41, 5.74) is -0.227. The maximum Gasteiger partial charge on any atom is 0.337 e. The number of anilines is 1. The van der Waals surface area contributed by atoms with Gasteiger partial charge in [0, 0.05) is 16.6 Å². The monoisotopic (exact) mass is 608 g/mol. The summed E-state index contributed by atoms with van der Waals surface area (Å²) in [6.45, 7) is 7.02. The highest BCUT2D eigenvalue weighted by atomic mass is 79.9. The standard InChI is InChI=1S/C22H23BrCl2N2O5S2/c1-11(33)27(15-9-12(24)5-6-14(15)25)16-18(28)26-10-13(20(29)31-8-7-23)17(34-19(16)26)21(30)32-22(2,3)4/h5-6,9-10,16-17,19H,7-8H2,1-4H3/t16?,17?,19-/m1/s1. The number of β-lactam (4-membered cyclic amide) rings is 1. The number of thiocarbonyl (C=S) groups is 1. The molecule has 3 rings (SSSR count). The summed E-state index contributed by atoms with van der Waals surface area (Å²) in [6, 6.07) is 4.15. The average Bonchev–Trinajstić information content (AvgIpc) is 2.74. The molecule has 0 bridgehead atoms. The summed E-state index contributed by atoms with van der Waals surface area (Å²) < 4.78 is 10.8. The molecule has 0 spiro atoms. The molecule has 0 radical (unpaired) electrons. The Hall–Kier alpha value is -1.33. The molecule has 12 heteroatoms. The zero-order valence-electron chi connectivity index (χ0n) is 18.8. The minimum atomic E-state index is -0.985. The molecule has 0 aliphatic carbocycles. The van der Waals surface area contributed by atoms with Crippen molar-refractivity contribution in [2.45, 2.75) is 50.0 Å². The fourth-order valence-corrected chi connectivity index (χ4v) is 5.69. The number of carbonyl (C=O) groups is 3. The first-order valence-corrected chi connectivity index (χ1v) is 13.5. The van der Waals surface area contributed by atoms with E-state index in [0.717, 1.165) is 11.8 Å². The van der Waals surface area contributed by atoms with Crippen LogP contribution in [0.15, 0.2) is 30.0 Å². The number of carbonyl (C=O) groups excluding carboxylic acids is 3. The van der Waals surface area contributed by atoms with E-state index in [9.17, 15) is 14.4 Å². The van der Waals surface area contributed by atoms with Crippen LogP contribution in [-0.2, 0) is 23.9 Å². The second-order valence-electron chi connectivity index (χ2n) is 8.52. The number of rotatable bonds is 6. The minimum Gasteiger partial charge on any atom is -0.461 e. The number of hydrogen-bond donors (Lipinski definition) is 0. The smallest absolute Gasteiger partial charge is 0.337 e. The lowest BCUT2D eigenvalue weighted by Gasteiger charge is -2.52. The van der Waals surface area contributed by atoms with Crippen molar-refractivity contribution in [2.75, 3.05) is 16.8 Å². The number of esters is 2. The number of amides is 1. The topological polar surface area (TPSA) is 76.2 Å². The second kappa shape index (κ2) is 10.7. The highest BCUT2D eigenvalue weighted by Crippen LogP contribution is 2.45. The lowest BCUT2D eigenvalue weighted by Crippen LogP contribution is -2.70. The highest BCUT2D eigenvalue weighted by Gasteiger charge is 2.56. The van der Waals surface area contributed by atoms with Crippen molar-refractivity contribution in [3.8, 4) is 0 Å². The zero-order valence-corrected chi connectivity index (χ0v) is 23.6. The van der Waals surface area contributed by atoms with Crippen molar-refractivity contribution < 1.29 is 23.9 Å². The van der Waals surface area contributed by atoms with Crippen LogP contribution in [0.5, 0.6) is 0 Å². The van der Waals surface area contributed by atoms with Gasteiger partial charge in [0.1, 0.15) is 28.9 Å². The van der Waals surface area contributed by atoms with Crippen molar-refractivity contribution in [1.82, 2.24) is 4.90 Å². The Morgan fingerprint density at radius 2 is 1.97 bits per heavy atom. The predicted molar refractivity (Wildman–Crippen MR) is 142 cm³/mol. The molecular weight excluding hydrogens is 587 g/mol. The quantitative estimate of drug-likeness (QED) is 0.194. The van der Waals surface area contributed by atoms with Gasteiger partial charge in [-0.1, -0.05) is 51.3 Å². The van der Waals surface area contributed by atoms with Gasteiger partial charge in [-0.15, -0.1) is 11.8 Å². The Kier molecular flexibility index (Phi) is 8.61. The summed E-state index contributed by atoms with van der Waals surface area (Å²) in [7, 11) is 0. The van der Waals surface area contributed by atoms with Crippen molar-refractivity contribution >= 4 is 91.6 Å². The normalized spacial score (nSPS) is 21.7. The first-order chi connectivity index (χ1) is 15.9. The number of halogens is 3. The van der Waals surface area contributed by atoms with Crippen LogP contribution in [0.3, 0.4) is 0 Å². The van der Waals surface area contributed by atoms with E-state index in [4.69, 9.17) is 44.9 Å². The summed E-state index contributed by atoms with van der Waals surface area (Å²) in [4.78, 5) is 42.4. The predicted octanol–water partition coefficient (Wildman–Crippen LogP) is 4.96. The van der Waals surface area contributed by atoms with E-state index in [1.807, 2.05) is 0 Å². The van der Waals surface area contributed by atoms with E-state index in [1.54, 1.807) is 50.8 Å². The van der Waals surface area contributed by atoms with E-state index in [1.165, 1.54) is 11.1 Å². The fourth-order valence-electron chi connectivity index (χ4n) is 3.51. The van der Waals surface area contributed by atoms with E-state index in [-0.39, 0.29) is 18.1 Å². The van der Waals surface area contributed by atoms with Crippen LogP contribution in [0.25, 0.3) is 0 Å². The molecule has 1 aromatic rings. The lowest BCUT2D eigenvalue weighted by molar-refractivity contribution is -0.155. The fraction of sp³-hybridized carbons (Fsp3) is 0.455. The summed E-state index contributed by atoms with van der Waals surface area (Å²) >= 11 is 22.4. The van der Waals surface area contributed by atoms with Crippen LogP contribution in [-0.4, -0.2) is 61.9 Å². The van der Waals surface area contributed by atoms with Crippen LogP contribution in [0.4, 0.5) is 5.69 Å². The van der Waals surface area contributed by atoms with Crippen molar-refractivity contribution in [1.29, 1.82) is 0 Å². The third kappa shape index (κ3) is 5.73. The SMILES string of the molecule is CC(=S)N(c1cc(Cl)ccc1Cl)C1C(=O)N2C=C(C(=O)OCCBr)C(C(=O)OC(C)(C)C)S[C@H]12. The van der Waals surface area contributed by atoms with Crippen LogP contribution < -0.4 is 4.90 Å². The zero-order chi connectivity index (χ0) is 25.4. The van der Waals surface area contributed by atoms with E-state index >= 15 is 0 Å². The molecule has 1 aromatic carbocycles. The Labute approximate surface area is 226 Å². The molecule has 7 nitrogen and oxygen atoms in total. The molecule has 2 heterocycles. The molecule has 0 saturated carbocycles. The molecule has 1 saturated heterocycles. The number of thioether (sulfide) groups is 1. The van der Waals surface area contributed by atoms with E-state index < -0.39 is 34.2 Å². The molecule has 0 aromatic heterocycles. The number of alkyl halides is 1. The molecule has 184 valence electrons.